The predicted octanol–water partition coefficient (Wildman–Crippen LogP) is 35.1. The molecule has 0 fully saturated rings. The molecule has 9 aromatic heterocycles. The van der Waals surface area contributed by atoms with Crippen molar-refractivity contribution < 1.29 is 0 Å². The summed E-state index contributed by atoms with van der Waals surface area (Å²) in [4.78, 5) is 0. The molecule has 0 amide bonds. The van der Waals surface area contributed by atoms with Gasteiger partial charge in [0, 0.05) is 130 Å². The van der Waals surface area contributed by atoms with Gasteiger partial charge in [-0.2, -0.15) is 0 Å². The molecule has 0 aliphatic carbocycles. The summed E-state index contributed by atoms with van der Waals surface area (Å²) in [6.45, 7) is 0. The minimum atomic E-state index is 1.20. The number of thiophene rings is 6. The molecule has 27 rings (SSSR count). The third kappa shape index (κ3) is 11.8. The molecule has 9 heteroatoms. The minimum absolute atomic E-state index is 1.20. The maximum Gasteiger partial charge on any atom is 0.0734 e. The summed E-state index contributed by atoms with van der Waals surface area (Å²) in [5.74, 6) is 0. The Bertz CT molecular complexity index is 8850. The van der Waals surface area contributed by atoms with Crippen LogP contribution in [0.15, 0.2) is 419 Å². The van der Waals surface area contributed by atoms with Gasteiger partial charge in [0.1, 0.15) is 0 Å². The smallest absolute Gasteiger partial charge is 0.0734 e. The van der Waals surface area contributed by atoms with Crippen LogP contribution in [0.25, 0.3) is 238 Å². The molecule has 0 aliphatic rings. The summed E-state index contributed by atoms with van der Waals surface area (Å²) < 4.78 is 23.4. The van der Waals surface area contributed by atoms with Crippen molar-refractivity contribution in [2.24, 2.45) is 0 Å². The zero-order chi connectivity index (χ0) is 80.7. The monoisotopic (exact) mass is 1670 g/mol. The van der Waals surface area contributed by atoms with Gasteiger partial charge in [-0.25, -0.2) is 0 Å². The van der Waals surface area contributed by atoms with Gasteiger partial charge in [0.05, 0.1) is 47.2 Å². The Balaban J connectivity index is 0.000000101. The Morgan fingerprint density at radius 3 is 0.902 bits per heavy atom. The average Bonchev–Trinajstić information content (AvgIpc) is 1.56. The summed E-state index contributed by atoms with van der Waals surface area (Å²) in [7, 11) is 0. The Hall–Kier alpha value is -14.1. The molecule has 0 spiro atoms. The molecule has 0 atom stereocenters. The zero-order valence-corrected chi connectivity index (χ0v) is 71.0. The first kappa shape index (κ1) is 71.8. The van der Waals surface area contributed by atoms with Crippen molar-refractivity contribution in [3.8, 4) is 83.8 Å². The van der Waals surface area contributed by atoms with E-state index in [2.05, 4.69) is 432 Å². The van der Waals surface area contributed by atoms with Crippen LogP contribution in [0.5, 0.6) is 0 Å². The topological polar surface area (TPSA) is 14.8 Å². The molecule has 9 heterocycles. The third-order valence-electron chi connectivity index (χ3n) is 24.6. The number of para-hydroxylation sites is 6. The quantitative estimate of drug-likeness (QED) is 0.137. The second-order valence-electron chi connectivity index (χ2n) is 31.6. The summed E-state index contributed by atoms with van der Waals surface area (Å²) in [6, 6.07) is 153. The van der Waals surface area contributed by atoms with E-state index in [-0.39, 0.29) is 0 Å². The first-order chi connectivity index (χ1) is 61.0. The Labute approximate surface area is 731 Å². The van der Waals surface area contributed by atoms with Crippen molar-refractivity contribution in [3.63, 3.8) is 0 Å². The van der Waals surface area contributed by atoms with Crippen LogP contribution in [-0.4, -0.2) is 13.7 Å². The van der Waals surface area contributed by atoms with E-state index >= 15 is 0 Å². The zero-order valence-electron chi connectivity index (χ0n) is 66.1. The van der Waals surface area contributed by atoms with E-state index in [1.165, 1.54) is 238 Å². The summed E-state index contributed by atoms with van der Waals surface area (Å²) in [6.07, 6.45) is 0. The van der Waals surface area contributed by atoms with E-state index in [0.29, 0.717) is 0 Å². The van der Waals surface area contributed by atoms with Crippen molar-refractivity contribution >= 4 is 222 Å². The number of nitrogens with zero attached hydrogens (tertiary/aromatic N) is 3. The maximum absolute atomic E-state index is 2.46. The molecule has 18 aromatic carbocycles. The Morgan fingerprint density at radius 1 is 0.146 bits per heavy atom. The predicted molar refractivity (Wildman–Crippen MR) is 540 cm³/mol. The normalized spacial score (nSPS) is 11.9. The van der Waals surface area contributed by atoms with Gasteiger partial charge >= 0.3 is 0 Å². The lowest BCUT2D eigenvalue weighted by Crippen LogP contribution is -1.93. The van der Waals surface area contributed by atoms with Crippen LogP contribution in [0, 0.1) is 0 Å². The van der Waals surface area contributed by atoms with Crippen LogP contribution in [0.4, 0.5) is 0 Å². The SMILES string of the molecule is c1ccc(-c2ccc3sc4c(-c5ccc6c(c5)sc5c7ccccc7n(-c7ccccc7)c65)cccc4c3c2)cc1.c1ccc(-c2ccc3sc4c(-c5ccc6sc7c8ccccc8n(-c8ccccc8)c7c6c5)cccc4c3c2)cc1.c1ccc(-c2ccc3sc4c(-c5cccc6sc7c8ccccc8n(-c8ccccc8)c7c56)cccc4c3c2)cc1. The average molecular weight is 1670 g/mol. The third-order valence-corrected chi connectivity index (χ3v) is 31.8. The second kappa shape index (κ2) is 29.4. The van der Waals surface area contributed by atoms with E-state index in [9.17, 15) is 0 Å². The molecule has 123 heavy (non-hydrogen) atoms. The fraction of sp³-hybridized carbons (Fsp3) is 0. The van der Waals surface area contributed by atoms with Crippen LogP contribution < -0.4 is 0 Å². The van der Waals surface area contributed by atoms with Crippen molar-refractivity contribution in [2.45, 2.75) is 0 Å². The van der Waals surface area contributed by atoms with Crippen molar-refractivity contribution in [2.75, 3.05) is 0 Å². The molecule has 0 N–H and O–H groups in total. The van der Waals surface area contributed by atoms with Gasteiger partial charge in [-0.15, -0.1) is 68.0 Å². The maximum atomic E-state index is 2.46. The van der Waals surface area contributed by atoms with E-state index in [4.69, 9.17) is 0 Å². The fourth-order valence-corrected chi connectivity index (χ4v) is 26.4. The number of rotatable bonds is 9. The van der Waals surface area contributed by atoms with Crippen LogP contribution >= 0.6 is 68.0 Å². The van der Waals surface area contributed by atoms with Gasteiger partial charge in [-0.1, -0.05) is 303 Å². The van der Waals surface area contributed by atoms with Crippen LogP contribution in [0.2, 0.25) is 0 Å². The van der Waals surface area contributed by atoms with Gasteiger partial charge in [0.2, 0.25) is 0 Å². The van der Waals surface area contributed by atoms with Crippen molar-refractivity contribution in [3.05, 3.63) is 419 Å². The highest BCUT2D eigenvalue weighted by atomic mass is 32.1. The van der Waals surface area contributed by atoms with Gasteiger partial charge < -0.3 is 13.7 Å². The van der Waals surface area contributed by atoms with Crippen molar-refractivity contribution in [1.82, 2.24) is 13.7 Å². The molecule has 0 bridgehead atoms. The molecule has 0 radical (unpaired) electrons. The van der Waals surface area contributed by atoms with Crippen LogP contribution in [0.1, 0.15) is 0 Å². The molecule has 576 valence electrons. The van der Waals surface area contributed by atoms with Gasteiger partial charge in [0.15, 0.2) is 0 Å². The first-order valence-corrected chi connectivity index (χ1v) is 46.5. The van der Waals surface area contributed by atoms with Gasteiger partial charge in [0.25, 0.3) is 0 Å². The van der Waals surface area contributed by atoms with E-state index in [1.807, 2.05) is 68.0 Å². The number of aromatic nitrogens is 3. The highest BCUT2D eigenvalue weighted by Gasteiger charge is 2.26. The molecular weight excluding hydrogens is 1600 g/mol. The standard InChI is InChI=1S/3C38H23NS2/c1-3-11-24(12-4-1)25-21-22-33-31(23-25)29-18-9-17-28(37(29)40-33)27-16-10-20-34-35(27)36-38(41-34)30-15-7-8-19-32(30)39(36)26-13-5-2-6-14-26;1-3-10-24(11-4-1)25-19-21-34-32(22-25)29-16-9-15-28(37(29)40-34)26-18-20-31-35(23-26)41-38-30-14-7-8-17-33(30)39(36(31)38)27-12-5-2-6-13-27;1-3-10-24(11-4-1)25-18-20-34-31(22-25)29-16-9-15-28(37(29)40-34)26-19-21-35-32(23-26)36-38(41-35)30-14-7-8-17-33(30)39(36)27-12-5-2-6-13-27/h3*1-23H. The first-order valence-electron chi connectivity index (χ1n) is 41.6. The Kier molecular flexibility index (Phi) is 17.1. The molecule has 3 nitrogen and oxygen atoms in total. The molecule has 0 saturated heterocycles. The lowest BCUT2D eigenvalue weighted by Gasteiger charge is -2.10. The number of hydrogen-bond donors (Lipinski definition) is 0. The highest BCUT2D eigenvalue weighted by molar-refractivity contribution is 7.29. The molecular formula is C114H69N3S6. The number of hydrogen-bond acceptors (Lipinski definition) is 6. The summed E-state index contributed by atoms with van der Waals surface area (Å²) in [5, 5.41) is 15.9. The van der Waals surface area contributed by atoms with E-state index in [0.717, 1.165) is 0 Å². The highest BCUT2D eigenvalue weighted by Crippen LogP contribution is 2.53. The molecule has 27 aromatic rings. The lowest BCUT2D eigenvalue weighted by atomic mass is 9.98. The van der Waals surface area contributed by atoms with Crippen LogP contribution in [-0.2, 0) is 0 Å². The summed E-state index contributed by atoms with van der Waals surface area (Å²) >= 11 is 11.4. The largest absolute Gasteiger partial charge is 0.308 e. The summed E-state index contributed by atoms with van der Waals surface area (Å²) in [5.41, 5.74) is 26.6. The number of benzene rings is 18. The van der Waals surface area contributed by atoms with E-state index in [1.54, 1.807) is 0 Å². The van der Waals surface area contributed by atoms with Crippen LogP contribution in [0.3, 0.4) is 0 Å². The molecule has 0 aliphatic heterocycles. The fourth-order valence-electron chi connectivity index (χ4n) is 19.0. The van der Waals surface area contributed by atoms with Crippen molar-refractivity contribution in [1.29, 1.82) is 0 Å². The van der Waals surface area contributed by atoms with Gasteiger partial charge in [-0.05, 0) is 176 Å². The second-order valence-corrected chi connectivity index (χ2v) is 37.9. The lowest BCUT2D eigenvalue weighted by molar-refractivity contribution is 1.19. The molecule has 0 saturated carbocycles. The molecule has 0 unspecified atom stereocenters. The minimum Gasteiger partial charge on any atom is -0.308 e. The number of fused-ring (bicyclic) bond motifs is 24. The Morgan fingerprint density at radius 2 is 0.447 bits per heavy atom. The van der Waals surface area contributed by atoms with E-state index < -0.39 is 0 Å². The van der Waals surface area contributed by atoms with Gasteiger partial charge in [-0.3, -0.25) is 0 Å².